The van der Waals surface area contributed by atoms with Crippen LogP contribution in [-0.4, -0.2) is 23.1 Å². The Hall–Kier alpha value is -3.44. The number of aryl methyl sites for hydroxylation is 2. The second-order valence-electron chi connectivity index (χ2n) is 8.67. The van der Waals surface area contributed by atoms with Gasteiger partial charge in [-0.25, -0.2) is 4.98 Å². The van der Waals surface area contributed by atoms with Crippen molar-refractivity contribution >= 4 is 22.3 Å². The minimum Gasteiger partial charge on any atom is -0.340 e. The molecular weight excluding hydrogens is 396 g/mol. The standard InChI is InChI=1S/C27H28N4O/c1-17-4-3-5-18(2)24(17)23-16-21-12-15-29-27(32)25(21)26(31-23)30-22-8-6-19(7-9-22)20-10-13-28-14-11-20/h3-9,12,15-16,20,28H,10-11,13-14H2,1-2H3,(H,29,32)(H,30,31). The molecule has 2 aromatic carbocycles. The second-order valence-corrected chi connectivity index (χ2v) is 8.67. The van der Waals surface area contributed by atoms with Crippen molar-refractivity contribution in [1.29, 1.82) is 0 Å². The summed E-state index contributed by atoms with van der Waals surface area (Å²) in [5.41, 5.74) is 6.47. The van der Waals surface area contributed by atoms with Crippen LogP contribution in [0.25, 0.3) is 22.0 Å². The first-order valence-corrected chi connectivity index (χ1v) is 11.3. The molecule has 0 radical (unpaired) electrons. The van der Waals surface area contributed by atoms with Gasteiger partial charge in [0.25, 0.3) is 5.56 Å². The van der Waals surface area contributed by atoms with Crippen molar-refractivity contribution in [3.8, 4) is 11.3 Å². The van der Waals surface area contributed by atoms with Crippen LogP contribution in [0, 0.1) is 13.8 Å². The number of rotatable bonds is 4. The molecule has 5 heteroatoms. The predicted octanol–water partition coefficient (Wildman–Crippen LogP) is 5.42. The lowest BCUT2D eigenvalue weighted by Crippen LogP contribution is -2.26. The number of anilines is 2. The summed E-state index contributed by atoms with van der Waals surface area (Å²) in [5, 5.41) is 8.29. The Balaban J connectivity index is 1.56. The number of aromatic nitrogens is 2. The Bertz CT molecular complexity index is 1300. The van der Waals surface area contributed by atoms with E-state index in [1.54, 1.807) is 6.20 Å². The summed E-state index contributed by atoms with van der Waals surface area (Å²) in [6.07, 6.45) is 4.04. The monoisotopic (exact) mass is 424 g/mol. The van der Waals surface area contributed by atoms with E-state index in [0.717, 1.165) is 35.4 Å². The van der Waals surface area contributed by atoms with E-state index in [9.17, 15) is 4.79 Å². The maximum atomic E-state index is 12.7. The van der Waals surface area contributed by atoms with Gasteiger partial charge in [-0.1, -0.05) is 30.3 Å². The van der Waals surface area contributed by atoms with Crippen LogP contribution in [0.3, 0.4) is 0 Å². The molecule has 0 atom stereocenters. The molecule has 3 N–H and O–H groups in total. The first-order chi connectivity index (χ1) is 15.6. The van der Waals surface area contributed by atoms with E-state index in [0.29, 0.717) is 17.1 Å². The van der Waals surface area contributed by atoms with E-state index in [2.05, 4.69) is 71.9 Å². The third kappa shape index (κ3) is 3.92. The molecule has 1 aliphatic heterocycles. The average molecular weight is 425 g/mol. The van der Waals surface area contributed by atoms with Gasteiger partial charge in [-0.05, 0) is 92.0 Å². The van der Waals surface area contributed by atoms with Crippen molar-refractivity contribution < 1.29 is 0 Å². The maximum absolute atomic E-state index is 12.7. The summed E-state index contributed by atoms with van der Waals surface area (Å²) in [6, 6.07) is 18.8. The number of aromatic amines is 1. The van der Waals surface area contributed by atoms with Crippen molar-refractivity contribution in [2.45, 2.75) is 32.6 Å². The van der Waals surface area contributed by atoms with Crippen molar-refractivity contribution in [3.63, 3.8) is 0 Å². The lowest BCUT2D eigenvalue weighted by atomic mass is 9.90. The lowest BCUT2D eigenvalue weighted by molar-refractivity contribution is 0.460. The smallest absolute Gasteiger partial charge is 0.259 e. The highest BCUT2D eigenvalue weighted by Crippen LogP contribution is 2.32. The molecule has 1 fully saturated rings. The van der Waals surface area contributed by atoms with Crippen LogP contribution in [-0.2, 0) is 0 Å². The molecule has 0 spiro atoms. The SMILES string of the molecule is Cc1cccc(C)c1-c1cc2cc[nH]c(=O)c2c(Nc2ccc(C3CCNCC3)cc2)n1. The molecule has 1 saturated heterocycles. The van der Waals surface area contributed by atoms with E-state index in [1.807, 2.05) is 12.1 Å². The van der Waals surface area contributed by atoms with Crippen LogP contribution >= 0.6 is 0 Å². The topological polar surface area (TPSA) is 69.8 Å². The summed E-state index contributed by atoms with van der Waals surface area (Å²) in [5.74, 6) is 1.19. The number of hydrogen-bond donors (Lipinski definition) is 3. The number of H-pyrrole nitrogens is 1. The van der Waals surface area contributed by atoms with Gasteiger partial charge in [-0.2, -0.15) is 0 Å². The van der Waals surface area contributed by atoms with E-state index in [4.69, 9.17) is 4.98 Å². The van der Waals surface area contributed by atoms with Gasteiger partial charge in [0.05, 0.1) is 11.1 Å². The summed E-state index contributed by atoms with van der Waals surface area (Å²) < 4.78 is 0. The lowest BCUT2D eigenvalue weighted by Gasteiger charge is -2.23. The van der Waals surface area contributed by atoms with Crippen molar-refractivity contribution in [2.24, 2.45) is 0 Å². The zero-order chi connectivity index (χ0) is 22.1. The fourth-order valence-electron chi connectivity index (χ4n) is 4.78. The molecule has 0 unspecified atom stereocenters. The highest BCUT2D eigenvalue weighted by atomic mass is 16.1. The molecule has 5 nitrogen and oxygen atoms in total. The maximum Gasteiger partial charge on any atom is 0.259 e. The van der Waals surface area contributed by atoms with E-state index in [-0.39, 0.29) is 5.56 Å². The molecule has 0 bridgehead atoms. The zero-order valence-corrected chi connectivity index (χ0v) is 18.5. The van der Waals surface area contributed by atoms with Crippen LogP contribution in [0.5, 0.6) is 0 Å². The van der Waals surface area contributed by atoms with E-state index < -0.39 is 0 Å². The molecule has 0 aliphatic carbocycles. The largest absolute Gasteiger partial charge is 0.340 e. The predicted molar refractivity (Wildman–Crippen MR) is 132 cm³/mol. The third-order valence-electron chi connectivity index (χ3n) is 6.48. The van der Waals surface area contributed by atoms with Crippen LogP contribution in [0.15, 0.2) is 65.6 Å². The average Bonchev–Trinajstić information content (AvgIpc) is 2.80. The van der Waals surface area contributed by atoms with Gasteiger partial charge in [-0.15, -0.1) is 0 Å². The fraction of sp³-hybridized carbons (Fsp3) is 0.259. The quantitative estimate of drug-likeness (QED) is 0.409. The Kier molecular flexibility index (Phi) is 5.50. The Morgan fingerprint density at radius 2 is 1.69 bits per heavy atom. The molecule has 4 aromatic rings. The number of pyridine rings is 2. The summed E-state index contributed by atoms with van der Waals surface area (Å²) >= 11 is 0. The van der Waals surface area contributed by atoms with Gasteiger partial charge in [0.2, 0.25) is 0 Å². The summed E-state index contributed by atoms with van der Waals surface area (Å²) in [7, 11) is 0. The van der Waals surface area contributed by atoms with Crippen LogP contribution in [0.2, 0.25) is 0 Å². The van der Waals surface area contributed by atoms with Gasteiger partial charge >= 0.3 is 0 Å². The number of nitrogens with one attached hydrogen (secondary N) is 3. The van der Waals surface area contributed by atoms with Crippen molar-refractivity contribution in [3.05, 3.63) is 87.8 Å². The van der Waals surface area contributed by atoms with Gasteiger partial charge < -0.3 is 15.6 Å². The summed E-state index contributed by atoms with van der Waals surface area (Å²) in [6.45, 7) is 6.35. The molecule has 0 saturated carbocycles. The van der Waals surface area contributed by atoms with Gasteiger partial charge in [0.1, 0.15) is 5.82 Å². The molecule has 1 aliphatic rings. The fourth-order valence-corrected chi connectivity index (χ4v) is 4.78. The third-order valence-corrected chi connectivity index (χ3v) is 6.48. The first kappa shape index (κ1) is 20.5. The number of piperidine rings is 1. The minimum absolute atomic E-state index is 0.142. The Morgan fingerprint density at radius 1 is 0.969 bits per heavy atom. The van der Waals surface area contributed by atoms with Crippen LogP contribution < -0.4 is 16.2 Å². The Morgan fingerprint density at radius 3 is 2.41 bits per heavy atom. The normalized spacial score (nSPS) is 14.6. The number of hydrogen-bond acceptors (Lipinski definition) is 4. The number of nitrogens with zero attached hydrogens (tertiary/aromatic N) is 1. The Labute approximate surface area is 187 Å². The molecular formula is C27H28N4O. The number of fused-ring (bicyclic) bond motifs is 1. The minimum atomic E-state index is -0.142. The number of benzene rings is 2. The van der Waals surface area contributed by atoms with Crippen LogP contribution in [0.4, 0.5) is 11.5 Å². The second kappa shape index (κ2) is 8.60. The van der Waals surface area contributed by atoms with Gasteiger partial charge in [-0.3, -0.25) is 4.79 Å². The van der Waals surface area contributed by atoms with Crippen LogP contribution in [0.1, 0.15) is 35.4 Å². The highest BCUT2D eigenvalue weighted by molar-refractivity contribution is 5.95. The molecule has 2 aromatic heterocycles. The van der Waals surface area contributed by atoms with E-state index in [1.165, 1.54) is 29.5 Å². The summed E-state index contributed by atoms with van der Waals surface area (Å²) in [4.78, 5) is 20.4. The molecule has 32 heavy (non-hydrogen) atoms. The zero-order valence-electron chi connectivity index (χ0n) is 18.5. The first-order valence-electron chi connectivity index (χ1n) is 11.3. The molecule has 162 valence electrons. The molecule has 5 rings (SSSR count). The van der Waals surface area contributed by atoms with Crippen molar-refractivity contribution in [2.75, 3.05) is 18.4 Å². The highest BCUT2D eigenvalue weighted by Gasteiger charge is 2.16. The van der Waals surface area contributed by atoms with E-state index >= 15 is 0 Å². The van der Waals surface area contributed by atoms with Gasteiger partial charge in [0.15, 0.2) is 0 Å². The van der Waals surface area contributed by atoms with Gasteiger partial charge in [0, 0.05) is 17.4 Å². The molecule has 3 heterocycles. The van der Waals surface area contributed by atoms with Crippen molar-refractivity contribution in [1.82, 2.24) is 15.3 Å². The molecule has 0 amide bonds.